The lowest BCUT2D eigenvalue weighted by Crippen LogP contribution is -1.97. The number of ether oxygens (including phenoxy) is 1. The van der Waals surface area contributed by atoms with Crippen LogP contribution in [0.15, 0.2) is 53.0 Å². The largest absolute Gasteiger partial charge is 0.488 e. The number of hydrogen-bond acceptors (Lipinski definition) is 1. The van der Waals surface area contributed by atoms with E-state index in [9.17, 15) is 0 Å². The fourth-order valence-corrected chi connectivity index (χ4v) is 1.81. The third-order valence-corrected chi connectivity index (χ3v) is 2.83. The fraction of sp³-hybridized carbons (Fsp3) is 0.0667. The Hall–Kier alpha value is -1.72. The molecule has 0 unspecified atom stereocenters. The van der Waals surface area contributed by atoms with Gasteiger partial charge in [0.05, 0.1) is 5.56 Å². The maximum atomic E-state index is 5.72. The second-order valence-corrected chi connectivity index (χ2v) is 4.47. The van der Waals surface area contributed by atoms with Crippen molar-refractivity contribution in [3.8, 4) is 18.1 Å². The second-order valence-electron chi connectivity index (χ2n) is 3.56. The Balaban J connectivity index is 2.14. The summed E-state index contributed by atoms with van der Waals surface area (Å²) in [5.41, 5.74) is 1.89. The minimum atomic E-state index is 0.520. The van der Waals surface area contributed by atoms with Crippen molar-refractivity contribution in [3.05, 3.63) is 64.1 Å². The quantitative estimate of drug-likeness (QED) is 0.775. The standard InChI is InChI=1S/C15H11BrO/c1-2-13-8-9-14(16)10-15(13)17-11-12-6-4-3-5-7-12/h1,3-10H,11H2. The van der Waals surface area contributed by atoms with Gasteiger partial charge in [-0.05, 0) is 23.8 Å². The molecule has 0 spiro atoms. The van der Waals surface area contributed by atoms with Crippen molar-refractivity contribution in [2.24, 2.45) is 0 Å². The molecule has 0 amide bonds. The molecule has 1 nitrogen and oxygen atoms in total. The zero-order chi connectivity index (χ0) is 12.1. The van der Waals surface area contributed by atoms with Crippen LogP contribution in [-0.4, -0.2) is 0 Å². The molecule has 2 aromatic carbocycles. The van der Waals surface area contributed by atoms with Crippen molar-refractivity contribution in [1.82, 2.24) is 0 Å². The summed E-state index contributed by atoms with van der Waals surface area (Å²) in [6.07, 6.45) is 5.42. The predicted octanol–water partition coefficient (Wildman–Crippen LogP) is 4.01. The molecule has 17 heavy (non-hydrogen) atoms. The average Bonchev–Trinajstić information content (AvgIpc) is 2.38. The van der Waals surface area contributed by atoms with Crippen LogP contribution in [-0.2, 0) is 6.61 Å². The maximum absolute atomic E-state index is 5.72. The van der Waals surface area contributed by atoms with E-state index in [1.54, 1.807) is 0 Å². The van der Waals surface area contributed by atoms with E-state index in [0.717, 1.165) is 21.3 Å². The number of terminal acetylenes is 1. The SMILES string of the molecule is C#Cc1ccc(Br)cc1OCc1ccccc1. The lowest BCUT2D eigenvalue weighted by molar-refractivity contribution is 0.305. The lowest BCUT2D eigenvalue weighted by Gasteiger charge is -2.08. The molecule has 0 bridgehead atoms. The second kappa shape index (κ2) is 5.56. The molecule has 0 saturated carbocycles. The highest BCUT2D eigenvalue weighted by atomic mass is 79.9. The van der Waals surface area contributed by atoms with Gasteiger partial charge in [0.1, 0.15) is 12.4 Å². The van der Waals surface area contributed by atoms with Crippen LogP contribution in [0.25, 0.3) is 0 Å². The van der Waals surface area contributed by atoms with Crippen LogP contribution < -0.4 is 4.74 Å². The molecule has 0 aromatic heterocycles. The molecule has 84 valence electrons. The zero-order valence-corrected chi connectivity index (χ0v) is 10.8. The van der Waals surface area contributed by atoms with Crippen molar-refractivity contribution < 1.29 is 4.74 Å². The van der Waals surface area contributed by atoms with Gasteiger partial charge in [-0.3, -0.25) is 0 Å². The molecule has 2 heteroatoms. The van der Waals surface area contributed by atoms with Crippen LogP contribution >= 0.6 is 15.9 Å². The summed E-state index contributed by atoms with van der Waals surface area (Å²) in [6.45, 7) is 0.520. The van der Waals surface area contributed by atoms with E-state index in [2.05, 4.69) is 21.9 Å². The van der Waals surface area contributed by atoms with E-state index >= 15 is 0 Å². The lowest BCUT2D eigenvalue weighted by atomic mass is 10.2. The topological polar surface area (TPSA) is 9.23 Å². The van der Waals surface area contributed by atoms with Gasteiger partial charge in [-0.1, -0.05) is 52.2 Å². The highest BCUT2D eigenvalue weighted by molar-refractivity contribution is 9.10. The van der Waals surface area contributed by atoms with Gasteiger partial charge in [0.25, 0.3) is 0 Å². The van der Waals surface area contributed by atoms with Gasteiger partial charge in [0.2, 0.25) is 0 Å². The fourth-order valence-electron chi connectivity index (χ4n) is 1.47. The molecule has 0 aliphatic carbocycles. The number of halogens is 1. The van der Waals surface area contributed by atoms with Crippen LogP contribution in [0, 0.1) is 12.3 Å². The monoisotopic (exact) mass is 286 g/mol. The normalized spacial score (nSPS) is 9.65. The average molecular weight is 287 g/mol. The third kappa shape index (κ3) is 3.12. The first-order valence-corrected chi connectivity index (χ1v) is 6.02. The highest BCUT2D eigenvalue weighted by Crippen LogP contribution is 2.23. The number of benzene rings is 2. The van der Waals surface area contributed by atoms with Crippen LogP contribution in [0.1, 0.15) is 11.1 Å². The minimum absolute atomic E-state index is 0.520. The van der Waals surface area contributed by atoms with Crippen molar-refractivity contribution in [1.29, 1.82) is 0 Å². The van der Waals surface area contributed by atoms with E-state index in [-0.39, 0.29) is 0 Å². The molecule has 2 rings (SSSR count). The molecule has 0 radical (unpaired) electrons. The summed E-state index contributed by atoms with van der Waals surface area (Å²) in [5.74, 6) is 3.34. The maximum Gasteiger partial charge on any atom is 0.136 e. The van der Waals surface area contributed by atoms with Gasteiger partial charge in [-0.25, -0.2) is 0 Å². The molecule has 0 heterocycles. The number of hydrogen-bond donors (Lipinski definition) is 0. The Bertz CT molecular complexity index is 541. The summed E-state index contributed by atoms with van der Waals surface area (Å²) in [7, 11) is 0. The summed E-state index contributed by atoms with van der Waals surface area (Å²) >= 11 is 3.40. The Morgan fingerprint density at radius 2 is 1.88 bits per heavy atom. The van der Waals surface area contributed by atoms with Crippen molar-refractivity contribution in [2.45, 2.75) is 6.61 Å². The van der Waals surface area contributed by atoms with Crippen LogP contribution in [0.3, 0.4) is 0 Å². The first-order chi connectivity index (χ1) is 8.29. The smallest absolute Gasteiger partial charge is 0.136 e. The summed E-state index contributed by atoms with van der Waals surface area (Å²) < 4.78 is 6.68. The molecule has 0 aliphatic heterocycles. The van der Waals surface area contributed by atoms with Crippen molar-refractivity contribution in [2.75, 3.05) is 0 Å². The minimum Gasteiger partial charge on any atom is -0.488 e. The molecule has 0 saturated heterocycles. The molecule has 0 N–H and O–H groups in total. The molecular weight excluding hydrogens is 276 g/mol. The van der Waals surface area contributed by atoms with Gasteiger partial charge in [-0.15, -0.1) is 6.42 Å². The number of rotatable bonds is 3. The van der Waals surface area contributed by atoms with Crippen LogP contribution in [0.2, 0.25) is 0 Å². The Morgan fingerprint density at radius 1 is 1.12 bits per heavy atom. The summed E-state index contributed by atoms with van der Waals surface area (Å²) in [6, 6.07) is 15.7. The van der Waals surface area contributed by atoms with Gasteiger partial charge in [0.15, 0.2) is 0 Å². The first kappa shape index (κ1) is 11.8. The zero-order valence-electron chi connectivity index (χ0n) is 9.19. The molecular formula is C15H11BrO. The van der Waals surface area contributed by atoms with E-state index in [1.165, 1.54) is 0 Å². The van der Waals surface area contributed by atoms with E-state index in [1.807, 2.05) is 48.5 Å². The highest BCUT2D eigenvalue weighted by Gasteiger charge is 2.02. The first-order valence-electron chi connectivity index (χ1n) is 5.22. The Labute approximate surface area is 110 Å². The van der Waals surface area contributed by atoms with E-state index in [4.69, 9.17) is 11.2 Å². The van der Waals surface area contributed by atoms with E-state index in [0.29, 0.717) is 6.61 Å². The molecule has 0 fully saturated rings. The van der Waals surface area contributed by atoms with Crippen LogP contribution in [0.5, 0.6) is 5.75 Å². The van der Waals surface area contributed by atoms with Crippen molar-refractivity contribution in [3.63, 3.8) is 0 Å². The molecule has 2 aromatic rings. The summed E-state index contributed by atoms with van der Waals surface area (Å²) in [5, 5.41) is 0. The predicted molar refractivity (Wildman–Crippen MR) is 72.9 cm³/mol. The van der Waals surface area contributed by atoms with Gasteiger partial charge in [-0.2, -0.15) is 0 Å². The van der Waals surface area contributed by atoms with Crippen molar-refractivity contribution >= 4 is 15.9 Å². The third-order valence-electron chi connectivity index (χ3n) is 2.34. The van der Waals surface area contributed by atoms with Gasteiger partial charge >= 0.3 is 0 Å². The molecule has 0 aliphatic rings. The molecule has 0 atom stereocenters. The Kier molecular flexibility index (Phi) is 3.85. The van der Waals surface area contributed by atoms with Gasteiger partial charge in [0, 0.05) is 4.47 Å². The van der Waals surface area contributed by atoms with E-state index < -0.39 is 0 Å². The van der Waals surface area contributed by atoms with Gasteiger partial charge < -0.3 is 4.74 Å². The summed E-state index contributed by atoms with van der Waals surface area (Å²) in [4.78, 5) is 0. The Morgan fingerprint density at radius 3 is 2.59 bits per heavy atom. The van der Waals surface area contributed by atoms with Crippen LogP contribution in [0.4, 0.5) is 0 Å².